The summed E-state index contributed by atoms with van der Waals surface area (Å²) in [7, 11) is 0. The molecule has 0 aromatic rings. The first-order chi connectivity index (χ1) is 9.24. The molecule has 2 nitrogen and oxygen atoms in total. The summed E-state index contributed by atoms with van der Waals surface area (Å²) < 4.78 is 15.1. The van der Waals surface area contributed by atoms with E-state index in [-0.39, 0.29) is 0 Å². The Labute approximate surface area is 126 Å². The molecule has 0 aliphatic rings. The third kappa shape index (κ3) is 10.1. The van der Waals surface area contributed by atoms with E-state index in [2.05, 4.69) is 27.7 Å². The molecule has 3 heteroatoms. The molecule has 19 heavy (non-hydrogen) atoms. The average molecular weight is 379 g/mol. The van der Waals surface area contributed by atoms with Gasteiger partial charge in [-0.05, 0) is 0 Å². The fourth-order valence-electron chi connectivity index (χ4n) is 2.23. The third-order valence-corrected chi connectivity index (χ3v) is 14.1. The number of rotatable bonds is 14. The molecule has 0 amide bonds. The van der Waals surface area contributed by atoms with Crippen molar-refractivity contribution in [2.24, 2.45) is 0 Å². The summed E-state index contributed by atoms with van der Waals surface area (Å²) in [6.07, 6.45) is 10.1. The quantitative estimate of drug-likeness (QED) is 0.286. The van der Waals surface area contributed by atoms with E-state index in [0.29, 0.717) is 0 Å². The van der Waals surface area contributed by atoms with Gasteiger partial charge in [0.25, 0.3) is 0 Å². The second kappa shape index (κ2) is 13.7. The number of unbranched alkanes of at least 4 members (excludes halogenated alkanes) is 5. The van der Waals surface area contributed by atoms with Gasteiger partial charge >= 0.3 is 127 Å². The molecule has 0 aromatic carbocycles. The van der Waals surface area contributed by atoms with Gasteiger partial charge in [-0.25, -0.2) is 0 Å². The van der Waals surface area contributed by atoms with Crippen LogP contribution in [0.1, 0.15) is 79.1 Å². The van der Waals surface area contributed by atoms with Crippen LogP contribution in [0.2, 0.25) is 8.87 Å². The Hall–Kier alpha value is 0.719. The first-order valence-electron chi connectivity index (χ1n) is 8.52. The van der Waals surface area contributed by atoms with Gasteiger partial charge in [-0.3, -0.25) is 0 Å². The standard InChI is InChI=1S/2C5H11O.C4H9.C2H5.Sn/c2*1-2-3-4-5-6;1-3-4-2;1-2;/h2*2-5H2,1H3;1,3-4H2,2H3;1H2,2H3;/q2*-1;;;+2. The van der Waals surface area contributed by atoms with Crippen molar-refractivity contribution in [1.82, 2.24) is 0 Å². The fourth-order valence-corrected chi connectivity index (χ4v) is 11.0. The molecule has 0 rings (SSSR count). The van der Waals surface area contributed by atoms with Gasteiger partial charge in [-0.15, -0.1) is 0 Å². The Bertz CT molecular complexity index is 174. The summed E-state index contributed by atoms with van der Waals surface area (Å²) in [5, 5.41) is 0. The zero-order chi connectivity index (χ0) is 14.4. The van der Waals surface area contributed by atoms with E-state index in [1.54, 1.807) is 0 Å². The van der Waals surface area contributed by atoms with E-state index >= 15 is 0 Å². The van der Waals surface area contributed by atoms with E-state index in [9.17, 15) is 0 Å². The summed E-state index contributed by atoms with van der Waals surface area (Å²) >= 11 is -2.70. The van der Waals surface area contributed by atoms with Crippen LogP contribution >= 0.6 is 0 Å². The minimum atomic E-state index is -2.70. The van der Waals surface area contributed by atoms with Crippen molar-refractivity contribution < 1.29 is 6.15 Å². The summed E-state index contributed by atoms with van der Waals surface area (Å²) in [6.45, 7) is 10.9. The van der Waals surface area contributed by atoms with Gasteiger partial charge in [0.05, 0.1) is 0 Å². The van der Waals surface area contributed by atoms with Gasteiger partial charge in [-0.2, -0.15) is 0 Å². The minimum absolute atomic E-state index is 0.940. The topological polar surface area (TPSA) is 18.5 Å². The summed E-state index contributed by atoms with van der Waals surface area (Å²) in [5.74, 6) is 0. The van der Waals surface area contributed by atoms with Crippen LogP contribution in [0.25, 0.3) is 0 Å². The van der Waals surface area contributed by atoms with Crippen LogP contribution in [0.5, 0.6) is 0 Å². The second-order valence-electron chi connectivity index (χ2n) is 5.48. The summed E-state index contributed by atoms with van der Waals surface area (Å²) in [5.41, 5.74) is 0. The molecular formula is C16H36O2Sn. The Kier molecular flexibility index (Phi) is 14.2. The predicted octanol–water partition coefficient (Wildman–Crippen LogP) is 5.66. The molecule has 0 aromatic heterocycles. The summed E-state index contributed by atoms with van der Waals surface area (Å²) in [4.78, 5) is 0. The van der Waals surface area contributed by atoms with Crippen molar-refractivity contribution in [2.75, 3.05) is 13.2 Å². The normalized spacial score (nSPS) is 12.0. The van der Waals surface area contributed by atoms with Crippen LogP contribution in [0.3, 0.4) is 0 Å². The Morgan fingerprint density at radius 2 is 1.11 bits per heavy atom. The third-order valence-electron chi connectivity index (χ3n) is 3.68. The van der Waals surface area contributed by atoms with Crippen LogP contribution in [-0.4, -0.2) is 32.4 Å². The van der Waals surface area contributed by atoms with Crippen LogP contribution in [0.4, 0.5) is 0 Å². The van der Waals surface area contributed by atoms with E-state index in [0.717, 1.165) is 13.2 Å². The average Bonchev–Trinajstić information content (AvgIpc) is 2.45. The van der Waals surface area contributed by atoms with Gasteiger partial charge in [-0.1, -0.05) is 0 Å². The van der Waals surface area contributed by atoms with Gasteiger partial charge in [0.15, 0.2) is 0 Å². The van der Waals surface area contributed by atoms with E-state index in [4.69, 9.17) is 6.15 Å². The molecule has 0 heterocycles. The summed E-state index contributed by atoms with van der Waals surface area (Å²) in [6, 6.07) is 0. The molecule has 0 unspecified atom stereocenters. The first-order valence-corrected chi connectivity index (χ1v) is 14.9. The molecule has 0 N–H and O–H groups in total. The molecule has 0 fully saturated rings. The molecule has 0 radical (unpaired) electrons. The molecule has 116 valence electrons. The Morgan fingerprint density at radius 1 is 0.632 bits per heavy atom. The zero-order valence-corrected chi connectivity index (χ0v) is 16.7. The SMILES string of the molecule is CCCCC[O][Sn]([CH2]C)([CH2]CCC)[O]CCCCC. The van der Waals surface area contributed by atoms with E-state index < -0.39 is 19.2 Å². The van der Waals surface area contributed by atoms with Crippen molar-refractivity contribution in [2.45, 2.75) is 87.9 Å². The van der Waals surface area contributed by atoms with Crippen LogP contribution < -0.4 is 0 Å². The molecule has 0 spiro atoms. The maximum atomic E-state index is 6.35. The van der Waals surface area contributed by atoms with E-state index in [1.807, 2.05) is 0 Å². The molecule has 0 saturated carbocycles. The Morgan fingerprint density at radius 3 is 1.47 bits per heavy atom. The van der Waals surface area contributed by atoms with Crippen LogP contribution in [-0.2, 0) is 6.15 Å². The predicted molar refractivity (Wildman–Crippen MR) is 86.9 cm³/mol. The van der Waals surface area contributed by atoms with Crippen LogP contribution in [0.15, 0.2) is 0 Å². The molecule has 0 aliphatic carbocycles. The second-order valence-corrected chi connectivity index (χ2v) is 15.8. The van der Waals surface area contributed by atoms with Crippen LogP contribution in [0, 0.1) is 0 Å². The van der Waals surface area contributed by atoms with Gasteiger partial charge in [0.2, 0.25) is 0 Å². The first kappa shape index (κ1) is 19.7. The molecule has 0 bridgehead atoms. The monoisotopic (exact) mass is 380 g/mol. The van der Waals surface area contributed by atoms with Crippen molar-refractivity contribution in [3.63, 3.8) is 0 Å². The molecule has 0 aliphatic heterocycles. The van der Waals surface area contributed by atoms with Crippen molar-refractivity contribution in [3.05, 3.63) is 0 Å². The zero-order valence-electron chi connectivity index (χ0n) is 13.8. The fraction of sp³-hybridized carbons (Fsp3) is 1.00. The molecule has 0 atom stereocenters. The van der Waals surface area contributed by atoms with Crippen molar-refractivity contribution in [1.29, 1.82) is 0 Å². The number of hydrogen-bond acceptors (Lipinski definition) is 2. The maximum absolute atomic E-state index is 6.35. The Balaban J connectivity index is 4.15. The van der Waals surface area contributed by atoms with Crippen molar-refractivity contribution >= 4 is 19.2 Å². The van der Waals surface area contributed by atoms with Gasteiger partial charge in [0.1, 0.15) is 0 Å². The molecule has 0 saturated heterocycles. The van der Waals surface area contributed by atoms with Gasteiger partial charge < -0.3 is 0 Å². The number of hydrogen-bond donors (Lipinski definition) is 0. The molecular weight excluding hydrogens is 343 g/mol. The van der Waals surface area contributed by atoms with E-state index in [1.165, 1.54) is 60.2 Å². The van der Waals surface area contributed by atoms with Crippen molar-refractivity contribution in [3.8, 4) is 0 Å². The van der Waals surface area contributed by atoms with Gasteiger partial charge in [0, 0.05) is 0 Å².